The van der Waals surface area contributed by atoms with Gasteiger partial charge in [0.15, 0.2) is 0 Å². The first-order valence-electron chi connectivity index (χ1n) is 4.12. The van der Waals surface area contributed by atoms with E-state index in [-0.39, 0.29) is 17.9 Å². The molecule has 1 atom stereocenters. The third kappa shape index (κ3) is 2.07. The van der Waals surface area contributed by atoms with E-state index in [1.54, 1.807) is 6.07 Å². The van der Waals surface area contributed by atoms with Crippen LogP contribution in [0.4, 0.5) is 5.69 Å². The molecule has 2 N–H and O–H groups in total. The topological polar surface area (TPSA) is 83.6 Å². The van der Waals surface area contributed by atoms with Crippen molar-refractivity contribution in [2.75, 3.05) is 0 Å². The van der Waals surface area contributed by atoms with Crippen LogP contribution in [0.25, 0.3) is 0 Å². The Balaban J connectivity index is 3.21. The van der Waals surface area contributed by atoms with Gasteiger partial charge in [-0.25, -0.2) is 0 Å². The van der Waals surface area contributed by atoms with E-state index < -0.39 is 11.0 Å². The minimum Gasteiger partial charge on any atom is -0.391 e. The number of nitrogens with zero attached hydrogens (tertiary/aromatic N) is 1. The van der Waals surface area contributed by atoms with Crippen LogP contribution in [-0.2, 0) is 6.61 Å². The van der Waals surface area contributed by atoms with Crippen molar-refractivity contribution in [1.82, 2.24) is 0 Å². The molecule has 1 rings (SSSR count). The molecule has 0 radical (unpaired) electrons. The molecule has 1 aromatic rings. The lowest BCUT2D eigenvalue weighted by Gasteiger charge is -2.05. The molecule has 14 heavy (non-hydrogen) atoms. The number of hydrogen-bond donors (Lipinski definition) is 2. The summed E-state index contributed by atoms with van der Waals surface area (Å²) in [6.45, 7) is 1.15. The van der Waals surface area contributed by atoms with Gasteiger partial charge in [0.25, 0.3) is 5.69 Å². The maximum Gasteiger partial charge on any atom is 0.275 e. The highest BCUT2D eigenvalue weighted by atomic mass is 16.6. The van der Waals surface area contributed by atoms with E-state index in [9.17, 15) is 15.2 Å². The number of aliphatic hydroxyl groups excluding tert-OH is 2. The fourth-order valence-electron chi connectivity index (χ4n) is 1.14. The molecule has 76 valence electrons. The Hall–Kier alpha value is -1.46. The summed E-state index contributed by atoms with van der Waals surface area (Å²) in [4.78, 5) is 10.00. The molecule has 1 aromatic carbocycles. The number of aliphatic hydroxyl groups is 2. The normalized spacial score (nSPS) is 12.5. The van der Waals surface area contributed by atoms with Gasteiger partial charge in [-0.2, -0.15) is 0 Å². The minimum atomic E-state index is -0.749. The van der Waals surface area contributed by atoms with Crippen molar-refractivity contribution >= 4 is 5.69 Å². The van der Waals surface area contributed by atoms with Crippen molar-refractivity contribution in [3.05, 3.63) is 39.4 Å². The Bertz CT molecular complexity index is 349. The molecule has 1 unspecified atom stereocenters. The van der Waals surface area contributed by atoms with Crippen LogP contribution in [0.1, 0.15) is 24.2 Å². The lowest BCUT2D eigenvalue weighted by Crippen LogP contribution is -1.99. The summed E-state index contributed by atoms with van der Waals surface area (Å²) >= 11 is 0. The van der Waals surface area contributed by atoms with Crippen LogP contribution in [0.2, 0.25) is 0 Å². The molecule has 0 aromatic heterocycles. The Morgan fingerprint density at radius 2 is 2.21 bits per heavy atom. The molecule has 5 heteroatoms. The minimum absolute atomic E-state index is 0.161. The third-order valence-corrected chi connectivity index (χ3v) is 1.96. The van der Waals surface area contributed by atoms with Gasteiger partial charge in [-0.1, -0.05) is 6.07 Å². The molecule has 0 fully saturated rings. The van der Waals surface area contributed by atoms with E-state index in [0.29, 0.717) is 5.56 Å². The number of rotatable bonds is 3. The van der Waals surface area contributed by atoms with Gasteiger partial charge in [0.05, 0.1) is 23.2 Å². The second kappa shape index (κ2) is 4.17. The molecule has 0 spiro atoms. The molecule has 0 bridgehead atoms. The van der Waals surface area contributed by atoms with E-state index >= 15 is 0 Å². The summed E-state index contributed by atoms with van der Waals surface area (Å²) < 4.78 is 0. The monoisotopic (exact) mass is 197 g/mol. The van der Waals surface area contributed by atoms with Gasteiger partial charge >= 0.3 is 0 Å². The first kappa shape index (κ1) is 10.6. The highest BCUT2D eigenvalue weighted by Gasteiger charge is 2.14. The zero-order chi connectivity index (χ0) is 10.7. The predicted molar refractivity (Wildman–Crippen MR) is 49.7 cm³/mol. The van der Waals surface area contributed by atoms with E-state index in [0.717, 1.165) is 0 Å². The summed E-state index contributed by atoms with van der Waals surface area (Å²) in [5.74, 6) is 0. The highest BCUT2D eigenvalue weighted by molar-refractivity contribution is 5.43. The van der Waals surface area contributed by atoms with Gasteiger partial charge in [-0.15, -0.1) is 0 Å². The van der Waals surface area contributed by atoms with Crippen LogP contribution in [0.5, 0.6) is 0 Å². The summed E-state index contributed by atoms with van der Waals surface area (Å²) in [5, 5.41) is 28.6. The summed E-state index contributed by atoms with van der Waals surface area (Å²) in [6, 6.07) is 4.28. The number of hydrogen-bond acceptors (Lipinski definition) is 4. The van der Waals surface area contributed by atoms with Gasteiger partial charge in [0, 0.05) is 6.07 Å². The van der Waals surface area contributed by atoms with Crippen molar-refractivity contribution < 1.29 is 15.1 Å². The predicted octanol–water partition coefficient (Wildman–Crippen LogP) is 1.14. The van der Waals surface area contributed by atoms with Crippen molar-refractivity contribution in [3.8, 4) is 0 Å². The van der Waals surface area contributed by atoms with Gasteiger partial charge in [-0.05, 0) is 18.6 Å². The maximum absolute atomic E-state index is 10.6. The fourth-order valence-corrected chi connectivity index (χ4v) is 1.14. The second-order valence-corrected chi connectivity index (χ2v) is 2.98. The smallest absolute Gasteiger partial charge is 0.275 e. The fraction of sp³-hybridized carbons (Fsp3) is 0.333. The van der Waals surface area contributed by atoms with Gasteiger partial charge in [0.2, 0.25) is 0 Å². The third-order valence-electron chi connectivity index (χ3n) is 1.96. The molecule has 0 aliphatic heterocycles. The molecular weight excluding hydrogens is 186 g/mol. The van der Waals surface area contributed by atoms with Crippen LogP contribution in [0.15, 0.2) is 18.2 Å². The maximum atomic E-state index is 10.6. The Morgan fingerprint density at radius 1 is 1.57 bits per heavy atom. The summed E-state index contributed by atoms with van der Waals surface area (Å²) in [5.41, 5.74) is 0.555. The van der Waals surface area contributed by atoms with Crippen LogP contribution < -0.4 is 0 Å². The molecule has 0 aliphatic carbocycles. The first-order valence-corrected chi connectivity index (χ1v) is 4.12. The lowest BCUT2D eigenvalue weighted by molar-refractivity contribution is -0.386. The molecule has 0 aliphatic rings. The van der Waals surface area contributed by atoms with E-state index in [1.165, 1.54) is 19.1 Å². The quantitative estimate of drug-likeness (QED) is 0.562. The highest BCUT2D eigenvalue weighted by Crippen LogP contribution is 2.23. The number of nitro benzene ring substituents is 1. The lowest BCUT2D eigenvalue weighted by atomic mass is 10.1. The molecule has 0 amide bonds. The largest absolute Gasteiger partial charge is 0.391 e. The molecule has 0 saturated carbocycles. The van der Waals surface area contributed by atoms with Crippen molar-refractivity contribution in [3.63, 3.8) is 0 Å². The van der Waals surface area contributed by atoms with Crippen LogP contribution >= 0.6 is 0 Å². The SMILES string of the molecule is CC(O)c1ccc(CO)c([N+](=O)[O-])c1. The second-order valence-electron chi connectivity index (χ2n) is 2.98. The summed E-state index contributed by atoms with van der Waals surface area (Å²) in [7, 11) is 0. The summed E-state index contributed by atoms with van der Waals surface area (Å²) in [6.07, 6.45) is -0.749. The van der Waals surface area contributed by atoms with Gasteiger partial charge in [0.1, 0.15) is 0 Å². The Kier molecular flexibility index (Phi) is 3.16. The van der Waals surface area contributed by atoms with Crippen LogP contribution in [0.3, 0.4) is 0 Å². The van der Waals surface area contributed by atoms with Crippen molar-refractivity contribution in [2.24, 2.45) is 0 Å². The molecule has 0 heterocycles. The molecule has 5 nitrogen and oxygen atoms in total. The number of benzene rings is 1. The number of nitro groups is 1. The Morgan fingerprint density at radius 3 is 2.64 bits per heavy atom. The zero-order valence-corrected chi connectivity index (χ0v) is 7.67. The van der Waals surface area contributed by atoms with Crippen molar-refractivity contribution in [1.29, 1.82) is 0 Å². The Labute approximate surface area is 80.8 Å². The standard InChI is InChI=1S/C9H11NO4/c1-6(12)7-2-3-8(5-11)9(4-7)10(13)14/h2-4,6,11-12H,5H2,1H3. The first-order chi connectivity index (χ1) is 6.56. The van der Waals surface area contributed by atoms with E-state index in [4.69, 9.17) is 5.11 Å². The molecule has 0 saturated heterocycles. The van der Waals surface area contributed by atoms with Crippen LogP contribution in [-0.4, -0.2) is 15.1 Å². The van der Waals surface area contributed by atoms with Crippen LogP contribution in [0, 0.1) is 10.1 Å². The van der Waals surface area contributed by atoms with E-state index in [1.807, 2.05) is 0 Å². The van der Waals surface area contributed by atoms with E-state index in [2.05, 4.69) is 0 Å². The molecular formula is C9H11NO4. The average Bonchev–Trinajstić information content (AvgIpc) is 2.16. The average molecular weight is 197 g/mol. The van der Waals surface area contributed by atoms with Gasteiger partial charge < -0.3 is 10.2 Å². The van der Waals surface area contributed by atoms with Gasteiger partial charge in [-0.3, -0.25) is 10.1 Å². The van der Waals surface area contributed by atoms with Crippen molar-refractivity contribution in [2.45, 2.75) is 19.6 Å². The zero-order valence-electron chi connectivity index (χ0n) is 7.67.